The summed E-state index contributed by atoms with van der Waals surface area (Å²) in [5, 5.41) is 6.79. The zero-order chi connectivity index (χ0) is 18.4. The van der Waals surface area contributed by atoms with E-state index in [-0.39, 0.29) is 24.5 Å². The Labute approximate surface area is 158 Å². The molecular weight excluding hydrogens is 348 g/mol. The number of nitrogens with zero attached hydrogens (tertiary/aromatic N) is 1. The van der Waals surface area contributed by atoms with Crippen molar-refractivity contribution < 1.29 is 14.3 Å². The molecule has 1 fully saturated rings. The normalized spacial score (nSPS) is 14.9. The fraction of sp³-hybridized carbons (Fsp3) is 0.400. The molecule has 0 bridgehead atoms. The lowest BCUT2D eigenvalue weighted by molar-refractivity contribution is -0.134. The maximum absolute atomic E-state index is 12.4. The SMILES string of the molecule is CCc1ccccc1OCC(=O)N1CCC(NC(=O)c2ccsc2)CC1. The molecule has 0 saturated carbocycles. The number of thiophene rings is 1. The third-order valence-corrected chi connectivity index (χ3v) is 5.35. The van der Waals surface area contributed by atoms with Crippen LogP contribution in [0.5, 0.6) is 5.75 Å². The Morgan fingerprint density at radius 2 is 2.00 bits per heavy atom. The van der Waals surface area contributed by atoms with Crippen molar-refractivity contribution in [3.05, 3.63) is 52.2 Å². The second kappa shape index (κ2) is 8.85. The quantitative estimate of drug-likeness (QED) is 0.848. The number of hydrogen-bond acceptors (Lipinski definition) is 4. The standard InChI is InChI=1S/C20H24N2O3S/c1-2-15-5-3-4-6-18(15)25-13-19(23)22-10-7-17(8-11-22)21-20(24)16-9-12-26-14-16/h3-6,9,12,14,17H,2,7-8,10-11,13H2,1H3,(H,21,24). The highest BCUT2D eigenvalue weighted by molar-refractivity contribution is 7.08. The highest BCUT2D eigenvalue weighted by Gasteiger charge is 2.24. The van der Waals surface area contributed by atoms with Crippen molar-refractivity contribution in [3.63, 3.8) is 0 Å². The van der Waals surface area contributed by atoms with Crippen molar-refractivity contribution in [2.75, 3.05) is 19.7 Å². The minimum absolute atomic E-state index is 0.00137. The molecule has 1 aliphatic rings. The first-order valence-corrected chi connectivity index (χ1v) is 9.93. The van der Waals surface area contributed by atoms with Crippen LogP contribution in [0.25, 0.3) is 0 Å². The van der Waals surface area contributed by atoms with Gasteiger partial charge in [0.25, 0.3) is 11.8 Å². The molecule has 26 heavy (non-hydrogen) atoms. The molecule has 5 nitrogen and oxygen atoms in total. The summed E-state index contributed by atoms with van der Waals surface area (Å²) in [5.74, 6) is 0.746. The molecule has 6 heteroatoms. The van der Waals surface area contributed by atoms with Crippen LogP contribution in [-0.4, -0.2) is 42.5 Å². The highest BCUT2D eigenvalue weighted by Crippen LogP contribution is 2.19. The summed E-state index contributed by atoms with van der Waals surface area (Å²) < 4.78 is 5.72. The van der Waals surface area contributed by atoms with E-state index in [1.165, 1.54) is 11.3 Å². The van der Waals surface area contributed by atoms with Gasteiger partial charge in [0.15, 0.2) is 6.61 Å². The summed E-state index contributed by atoms with van der Waals surface area (Å²) in [7, 11) is 0. The molecule has 1 aliphatic heterocycles. The lowest BCUT2D eigenvalue weighted by atomic mass is 10.0. The van der Waals surface area contributed by atoms with Crippen molar-refractivity contribution in [2.24, 2.45) is 0 Å². The van der Waals surface area contributed by atoms with Crippen molar-refractivity contribution in [3.8, 4) is 5.75 Å². The third kappa shape index (κ3) is 4.64. The fourth-order valence-electron chi connectivity index (χ4n) is 3.10. The van der Waals surface area contributed by atoms with Gasteiger partial charge in [-0.3, -0.25) is 9.59 Å². The van der Waals surface area contributed by atoms with E-state index in [0.29, 0.717) is 18.7 Å². The van der Waals surface area contributed by atoms with E-state index in [1.807, 2.05) is 46.0 Å². The number of benzene rings is 1. The van der Waals surface area contributed by atoms with Gasteiger partial charge in [-0.15, -0.1) is 0 Å². The van der Waals surface area contributed by atoms with Crippen LogP contribution in [0.1, 0.15) is 35.7 Å². The molecule has 0 spiro atoms. The Hall–Kier alpha value is -2.34. The number of likely N-dealkylation sites (tertiary alicyclic amines) is 1. The number of rotatable bonds is 6. The van der Waals surface area contributed by atoms with Crippen LogP contribution in [0.2, 0.25) is 0 Å². The van der Waals surface area contributed by atoms with E-state index < -0.39 is 0 Å². The van der Waals surface area contributed by atoms with Gasteiger partial charge in [0.1, 0.15) is 5.75 Å². The first-order chi connectivity index (χ1) is 12.7. The summed E-state index contributed by atoms with van der Waals surface area (Å²) in [4.78, 5) is 26.3. The average molecular weight is 372 g/mol. The number of ether oxygens (including phenoxy) is 1. The van der Waals surface area contributed by atoms with Crippen LogP contribution >= 0.6 is 11.3 Å². The maximum atomic E-state index is 12.4. The van der Waals surface area contributed by atoms with Crippen LogP contribution in [0.15, 0.2) is 41.1 Å². The zero-order valence-corrected chi connectivity index (χ0v) is 15.8. The molecule has 2 aromatic rings. The van der Waals surface area contributed by atoms with Gasteiger partial charge in [-0.1, -0.05) is 25.1 Å². The van der Waals surface area contributed by atoms with E-state index in [1.54, 1.807) is 0 Å². The predicted molar refractivity (Wildman–Crippen MR) is 103 cm³/mol. The Morgan fingerprint density at radius 3 is 2.69 bits per heavy atom. The van der Waals surface area contributed by atoms with Crippen molar-refractivity contribution in [1.82, 2.24) is 10.2 Å². The van der Waals surface area contributed by atoms with Gasteiger partial charge in [0, 0.05) is 30.1 Å². The minimum atomic E-state index is -0.0319. The van der Waals surface area contributed by atoms with Gasteiger partial charge >= 0.3 is 0 Å². The molecule has 3 rings (SSSR count). The molecule has 0 aliphatic carbocycles. The van der Waals surface area contributed by atoms with E-state index in [0.717, 1.165) is 30.6 Å². The van der Waals surface area contributed by atoms with Gasteiger partial charge in [0.2, 0.25) is 0 Å². The van der Waals surface area contributed by atoms with Gasteiger partial charge in [-0.05, 0) is 42.3 Å². The zero-order valence-electron chi connectivity index (χ0n) is 14.9. The minimum Gasteiger partial charge on any atom is -0.483 e. The molecule has 1 aromatic carbocycles. The van der Waals surface area contributed by atoms with E-state index in [9.17, 15) is 9.59 Å². The van der Waals surface area contributed by atoms with Crippen LogP contribution in [0.3, 0.4) is 0 Å². The smallest absolute Gasteiger partial charge is 0.260 e. The summed E-state index contributed by atoms with van der Waals surface area (Å²) in [5.41, 5.74) is 1.81. The summed E-state index contributed by atoms with van der Waals surface area (Å²) in [6.07, 6.45) is 2.42. The third-order valence-electron chi connectivity index (χ3n) is 4.67. The van der Waals surface area contributed by atoms with Gasteiger partial charge in [0.05, 0.1) is 0 Å². The number of aryl methyl sites for hydroxylation is 1. The molecule has 0 radical (unpaired) electrons. The van der Waals surface area contributed by atoms with E-state index in [4.69, 9.17) is 4.74 Å². The number of para-hydroxylation sites is 1. The summed E-state index contributed by atoms with van der Waals surface area (Å²) in [6, 6.07) is 9.75. The number of hydrogen-bond donors (Lipinski definition) is 1. The van der Waals surface area contributed by atoms with Crippen LogP contribution < -0.4 is 10.1 Å². The Balaban J connectivity index is 1.44. The van der Waals surface area contributed by atoms with Crippen molar-refractivity contribution in [1.29, 1.82) is 0 Å². The molecule has 138 valence electrons. The predicted octanol–water partition coefficient (Wildman–Crippen LogP) is 3.11. The number of piperidine rings is 1. The molecule has 1 N–H and O–H groups in total. The molecule has 2 amide bonds. The molecule has 0 atom stereocenters. The number of nitrogens with one attached hydrogen (secondary N) is 1. The topological polar surface area (TPSA) is 58.6 Å². The van der Waals surface area contributed by atoms with E-state index >= 15 is 0 Å². The van der Waals surface area contributed by atoms with Crippen LogP contribution in [0, 0.1) is 0 Å². The van der Waals surface area contributed by atoms with Gasteiger partial charge < -0.3 is 15.0 Å². The second-order valence-corrected chi connectivity index (χ2v) is 7.17. The second-order valence-electron chi connectivity index (χ2n) is 6.39. The number of carbonyl (C=O) groups is 2. The lowest BCUT2D eigenvalue weighted by Gasteiger charge is -2.32. The highest BCUT2D eigenvalue weighted by atomic mass is 32.1. The average Bonchev–Trinajstić information content (AvgIpc) is 3.22. The van der Waals surface area contributed by atoms with E-state index in [2.05, 4.69) is 12.2 Å². The van der Waals surface area contributed by atoms with Crippen LogP contribution in [0.4, 0.5) is 0 Å². The summed E-state index contributed by atoms with van der Waals surface area (Å²) in [6.45, 7) is 3.42. The molecule has 0 unspecified atom stereocenters. The van der Waals surface area contributed by atoms with Crippen LogP contribution in [-0.2, 0) is 11.2 Å². The first-order valence-electron chi connectivity index (χ1n) is 8.99. The molecule has 2 heterocycles. The number of amides is 2. The Bertz CT molecular complexity index is 737. The summed E-state index contributed by atoms with van der Waals surface area (Å²) >= 11 is 1.51. The Kier molecular flexibility index (Phi) is 6.28. The van der Waals surface area contributed by atoms with Gasteiger partial charge in [-0.2, -0.15) is 11.3 Å². The molecule has 1 aromatic heterocycles. The molecule has 1 saturated heterocycles. The number of carbonyl (C=O) groups excluding carboxylic acids is 2. The Morgan fingerprint density at radius 1 is 1.23 bits per heavy atom. The molecular formula is C20H24N2O3S. The largest absolute Gasteiger partial charge is 0.483 e. The lowest BCUT2D eigenvalue weighted by Crippen LogP contribution is -2.47. The first kappa shape index (κ1) is 18.5. The van der Waals surface area contributed by atoms with Crippen molar-refractivity contribution in [2.45, 2.75) is 32.2 Å². The van der Waals surface area contributed by atoms with Gasteiger partial charge in [-0.25, -0.2) is 0 Å². The monoisotopic (exact) mass is 372 g/mol. The fourth-order valence-corrected chi connectivity index (χ4v) is 3.74. The van der Waals surface area contributed by atoms with Crippen molar-refractivity contribution >= 4 is 23.2 Å². The maximum Gasteiger partial charge on any atom is 0.260 e.